The van der Waals surface area contributed by atoms with Crippen LogP contribution >= 0.6 is 0 Å². The van der Waals surface area contributed by atoms with Gasteiger partial charge in [0.05, 0.1) is 11.6 Å². The average Bonchev–Trinajstić information content (AvgIpc) is 2.44. The number of hydrogen-bond acceptors (Lipinski definition) is 5. The van der Waals surface area contributed by atoms with Gasteiger partial charge in [0.2, 0.25) is 5.95 Å². The van der Waals surface area contributed by atoms with Crippen LogP contribution in [-0.2, 0) is 0 Å². The standard InChI is InChI=1S/C15H22N4O/c1-3-9-17-15-18-13-7-5-4-6-12(13)14(19-15)16-10-8-11(2)20/h4-7,11,20H,3,8-10H2,1-2H3,(H2,16,17,18,19). The predicted octanol–water partition coefficient (Wildman–Crippen LogP) is 2.63. The third-order valence-electron chi connectivity index (χ3n) is 2.99. The third-order valence-corrected chi connectivity index (χ3v) is 2.99. The van der Waals surface area contributed by atoms with Crippen molar-refractivity contribution in [1.82, 2.24) is 9.97 Å². The zero-order valence-corrected chi connectivity index (χ0v) is 12.1. The fourth-order valence-electron chi connectivity index (χ4n) is 1.93. The average molecular weight is 274 g/mol. The van der Waals surface area contributed by atoms with Crippen molar-refractivity contribution in [1.29, 1.82) is 0 Å². The van der Waals surface area contributed by atoms with Crippen LogP contribution in [0.5, 0.6) is 0 Å². The molecule has 1 aromatic heterocycles. The van der Waals surface area contributed by atoms with Crippen molar-refractivity contribution in [3.8, 4) is 0 Å². The Labute approximate surface area is 119 Å². The smallest absolute Gasteiger partial charge is 0.225 e. The molecule has 0 aliphatic carbocycles. The first-order valence-electron chi connectivity index (χ1n) is 7.13. The first kappa shape index (κ1) is 14.5. The lowest BCUT2D eigenvalue weighted by Crippen LogP contribution is -2.12. The minimum atomic E-state index is -0.312. The van der Waals surface area contributed by atoms with E-state index in [-0.39, 0.29) is 6.10 Å². The van der Waals surface area contributed by atoms with Gasteiger partial charge in [-0.3, -0.25) is 0 Å². The monoisotopic (exact) mass is 274 g/mol. The van der Waals surface area contributed by atoms with Crippen LogP contribution in [0.1, 0.15) is 26.7 Å². The van der Waals surface area contributed by atoms with Gasteiger partial charge < -0.3 is 15.7 Å². The molecule has 0 saturated heterocycles. The number of rotatable bonds is 7. The van der Waals surface area contributed by atoms with Gasteiger partial charge in [-0.15, -0.1) is 0 Å². The summed E-state index contributed by atoms with van der Waals surface area (Å²) in [6.07, 6.45) is 1.41. The summed E-state index contributed by atoms with van der Waals surface area (Å²) < 4.78 is 0. The van der Waals surface area contributed by atoms with Gasteiger partial charge in [-0.1, -0.05) is 19.1 Å². The second kappa shape index (κ2) is 7.05. The summed E-state index contributed by atoms with van der Waals surface area (Å²) in [7, 11) is 0. The van der Waals surface area contributed by atoms with E-state index >= 15 is 0 Å². The Morgan fingerprint density at radius 2 is 1.95 bits per heavy atom. The molecule has 1 atom stereocenters. The highest BCUT2D eigenvalue weighted by Gasteiger charge is 2.07. The molecule has 108 valence electrons. The van der Waals surface area contributed by atoms with Crippen molar-refractivity contribution in [3.05, 3.63) is 24.3 Å². The van der Waals surface area contributed by atoms with E-state index in [9.17, 15) is 5.11 Å². The normalized spacial score (nSPS) is 12.3. The minimum absolute atomic E-state index is 0.312. The molecule has 0 bridgehead atoms. The lowest BCUT2D eigenvalue weighted by atomic mass is 10.2. The maximum absolute atomic E-state index is 9.33. The molecule has 20 heavy (non-hydrogen) atoms. The Morgan fingerprint density at radius 1 is 1.15 bits per heavy atom. The fourth-order valence-corrected chi connectivity index (χ4v) is 1.93. The quantitative estimate of drug-likeness (QED) is 0.724. The van der Waals surface area contributed by atoms with Crippen LogP contribution in [0.4, 0.5) is 11.8 Å². The van der Waals surface area contributed by atoms with Crippen LogP contribution < -0.4 is 10.6 Å². The number of para-hydroxylation sites is 1. The number of hydrogen-bond donors (Lipinski definition) is 3. The minimum Gasteiger partial charge on any atom is -0.393 e. The van der Waals surface area contributed by atoms with Crippen LogP contribution in [0.15, 0.2) is 24.3 Å². The lowest BCUT2D eigenvalue weighted by Gasteiger charge is -2.12. The van der Waals surface area contributed by atoms with E-state index in [0.717, 1.165) is 29.7 Å². The first-order chi connectivity index (χ1) is 9.70. The fraction of sp³-hybridized carbons (Fsp3) is 0.467. The molecule has 1 unspecified atom stereocenters. The van der Waals surface area contributed by atoms with Gasteiger partial charge in [-0.05, 0) is 31.9 Å². The summed E-state index contributed by atoms with van der Waals surface area (Å²) >= 11 is 0. The van der Waals surface area contributed by atoms with Gasteiger partial charge >= 0.3 is 0 Å². The number of nitrogens with one attached hydrogen (secondary N) is 2. The lowest BCUT2D eigenvalue weighted by molar-refractivity contribution is 0.188. The van der Waals surface area contributed by atoms with Gasteiger partial charge in [0, 0.05) is 18.5 Å². The van der Waals surface area contributed by atoms with Crippen molar-refractivity contribution >= 4 is 22.7 Å². The molecule has 0 amide bonds. The van der Waals surface area contributed by atoms with Gasteiger partial charge in [-0.25, -0.2) is 4.98 Å². The Bertz CT molecular complexity index is 557. The molecular formula is C15H22N4O. The van der Waals surface area contributed by atoms with Crippen molar-refractivity contribution < 1.29 is 5.11 Å². The molecule has 0 fully saturated rings. The third kappa shape index (κ3) is 3.81. The summed E-state index contributed by atoms with van der Waals surface area (Å²) in [5.41, 5.74) is 0.917. The van der Waals surface area contributed by atoms with Crippen molar-refractivity contribution in [2.45, 2.75) is 32.8 Å². The van der Waals surface area contributed by atoms with E-state index in [1.165, 1.54) is 0 Å². The van der Waals surface area contributed by atoms with E-state index in [2.05, 4.69) is 27.5 Å². The summed E-state index contributed by atoms with van der Waals surface area (Å²) in [6, 6.07) is 7.93. The van der Waals surface area contributed by atoms with Gasteiger partial charge in [0.25, 0.3) is 0 Å². The number of aliphatic hydroxyl groups is 1. The van der Waals surface area contributed by atoms with Crippen LogP contribution in [0.3, 0.4) is 0 Å². The van der Waals surface area contributed by atoms with Crippen LogP contribution in [0, 0.1) is 0 Å². The van der Waals surface area contributed by atoms with Crippen molar-refractivity contribution in [2.75, 3.05) is 23.7 Å². The molecule has 0 radical (unpaired) electrons. The second-order valence-electron chi connectivity index (χ2n) is 4.90. The first-order valence-corrected chi connectivity index (χ1v) is 7.13. The maximum Gasteiger partial charge on any atom is 0.225 e. The van der Waals surface area contributed by atoms with Crippen LogP contribution in [0.2, 0.25) is 0 Å². The van der Waals surface area contributed by atoms with Crippen LogP contribution in [-0.4, -0.2) is 34.3 Å². The van der Waals surface area contributed by atoms with E-state index in [1.807, 2.05) is 24.3 Å². The Kier molecular flexibility index (Phi) is 5.12. The number of fused-ring (bicyclic) bond motifs is 1. The molecule has 1 heterocycles. The Hall–Kier alpha value is -1.88. The molecular weight excluding hydrogens is 252 g/mol. The van der Waals surface area contributed by atoms with Gasteiger partial charge in [0.15, 0.2) is 0 Å². The van der Waals surface area contributed by atoms with Crippen LogP contribution in [0.25, 0.3) is 10.9 Å². The number of anilines is 2. The summed E-state index contributed by atoms with van der Waals surface area (Å²) in [5, 5.41) is 16.8. The van der Waals surface area contributed by atoms with E-state index in [1.54, 1.807) is 6.92 Å². The largest absolute Gasteiger partial charge is 0.393 e. The molecule has 1 aromatic carbocycles. The number of nitrogens with zero attached hydrogens (tertiary/aromatic N) is 2. The van der Waals surface area contributed by atoms with E-state index < -0.39 is 0 Å². The number of aromatic nitrogens is 2. The molecule has 5 nitrogen and oxygen atoms in total. The maximum atomic E-state index is 9.33. The van der Waals surface area contributed by atoms with Crippen molar-refractivity contribution in [3.63, 3.8) is 0 Å². The zero-order valence-electron chi connectivity index (χ0n) is 12.1. The summed E-state index contributed by atoms with van der Waals surface area (Å²) in [4.78, 5) is 9.03. The molecule has 0 saturated carbocycles. The zero-order chi connectivity index (χ0) is 14.4. The van der Waals surface area contributed by atoms with E-state index in [0.29, 0.717) is 18.9 Å². The predicted molar refractivity (Wildman–Crippen MR) is 83.1 cm³/mol. The molecule has 0 spiro atoms. The highest BCUT2D eigenvalue weighted by atomic mass is 16.3. The molecule has 3 N–H and O–H groups in total. The SMILES string of the molecule is CCCNc1nc(NCCC(C)O)c2ccccc2n1. The molecule has 5 heteroatoms. The van der Waals surface area contributed by atoms with Gasteiger partial charge in [-0.2, -0.15) is 4.98 Å². The molecule has 2 rings (SSSR count). The highest BCUT2D eigenvalue weighted by Crippen LogP contribution is 2.21. The number of benzene rings is 1. The number of aliphatic hydroxyl groups excluding tert-OH is 1. The van der Waals surface area contributed by atoms with Crippen molar-refractivity contribution in [2.24, 2.45) is 0 Å². The Balaban J connectivity index is 2.24. The highest BCUT2D eigenvalue weighted by molar-refractivity contribution is 5.89. The van der Waals surface area contributed by atoms with Gasteiger partial charge in [0.1, 0.15) is 5.82 Å². The summed E-state index contributed by atoms with van der Waals surface area (Å²) in [6.45, 7) is 5.43. The van der Waals surface area contributed by atoms with E-state index in [4.69, 9.17) is 0 Å². The second-order valence-corrected chi connectivity index (χ2v) is 4.90. The molecule has 0 aliphatic heterocycles. The molecule has 2 aromatic rings. The topological polar surface area (TPSA) is 70.1 Å². The molecule has 0 aliphatic rings. The Morgan fingerprint density at radius 3 is 2.70 bits per heavy atom. The summed E-state index contributed by atoms with van der Waals surface area (Å²) in [5.74, 6) is 1.46.